The number of aryl methyl sites for hydroxylation is 1. The summed E-state index contributed by atoms with van der Waals surface area (Å²) >= 11 is 0. The second-order valence-electron chi connectivity index (χ2n) is 5.47. The van der Waals surface area contributed by atoms with E-state index < -0.39 is 6.10 Å². The minimum Gasteiger partial charge on any atom is -0.497 e. The minimum absolute atomic E-state index is 0.669. The number of rotatable bonds is 4. The molecule has 0 aliphatic carbocycles. The van der Waals surface area contributed by atoms with E-state index in [2.05, 4.69) is 0 Å². The molecule has 0 radical (unpaired) electrons. The van der Waals surface area contributed by atoms with Gasteiger partial charge in [-0.3, -0.25) is 0 Å². The lowest BCUT2D eigenvalue weighted by Gasteiger charge is -2.12. The summed E-state index contributed by atoms with van der Waals surface area (Å²) in [5.41, 5.74) is 4.09. The van der Waals surface area contributed by atoms with Gasteiger partial charge in [-0.25, -0.2) is 4.98 Å². The smallest absolute Gasteiger partial charge is 0.140 e. The topological polar surface area (TPSA) is 56.0 Å². The summed E-state index contributed by atoms with van der Waals surface area (Å²) in [7, 11) is 3.24. The molecule has 120 valence electrons. The predicted molar refractivity (Wildman–Crippen MR) is 89.1 cm³/mol. The van der Waals surface area contributed by atoms with Crippen molar-refractivity contribution >= 4 is 5.65 Å². The van der Waals surface area contributed by atoms with Gasteiger partial charge in [0.05, 0.1) is 31.7 Å². The number of hydrogen-bond acceptors (Lipinski definition) is 4. The highest BCUT2D eigenvalue weighted by atomic mass is 16.5. The summed E-state index contributed by atoms with van der Waals surface area (Å²) in [5.74, 6) is 1.40. The fourth-order valence-corrected chi connectivity index (χ4v) is 2.82. The lowest BCUT2D eigenvalue weighted by atomic mass is 10.1. The molecule has 0 saturated heterocycles. The van der Waals surface area contributed by atoms with Gasteiger partial charge in [-0.2, -0.15) is 0 Å². The van der Waals surface area contributed by atoms with E-state index in [-0.39, 0.29) is 0 Å². The molecule has 3 aromatic rings. The van der Waals surface area contributed by atoms with Crippen LogP contribution in [-0.2, 0) is 0 Å². The molecule has 1 unspecified atom stereocenters. The van der Waals surface area contributed by atoms with Crippen molar-refractivity contribution in [3.05, 3.63) is 47.8 Å². The van der Waals surface area contributed by atoms with E-state index in [1.54, 1.807) is 21.1 Å². The third-order valence-electron chi connectivity index (χ3n) is 3.94. The highest BCUT2D eigenvalue weighted by Crippen LogP contribution is 2.37. The van der Waals surface area contributed by atoms with Gasteiger partial charge in [-0.15, -0.1) is 0 Å². The van der Waals surface area contributed by atoms with Gasteiger partial charge in [-0.05, 0) is 43.7 Å². The van der Waals surface area contributed by atoms with Gasteiger partial charge in [-0.1, -0.05) is 6.07 Å². The molecule has 0 saturated carbocycles. The Morgan fingerprint density at radius 1 is 1.17 bits per heavy atom. The molecule has 3 rings (SSSR count). The van der Waals surface area contributed by atoms with Crippen molar-refractivity contribution < 1.29 is 14.6 Å². The zero-order valence-corrected chi connectivity index (χ0v) is 13.7. The summed E-state index contributed by atoms with van der Waals surface area (Å²) < 4.78 is 12.7. The Kier molecular flexibility index (Phi) is 3.96. The van der Waals surface area contributed by atoms with Crippen molar-refractivity contribution in [1.82, 2.24) is 9.38 Å². The predicted octanol–water partition coefficient (Wildman–Crippen LogP) is 3.38. The van der Waals surface area contributed by atoms with Crippen molar-refractivity contribution in [3.8, 4) is 22.8 Å². The molecule has 2 heterocycles. The maximum Gasteiger partial charge on any atom is 0.140 e. The lowest BCUT2D eigenvalue weighted by molar-refractivity contribution is 0.194. The standard InChI is InChI=1S/C18H20N2O3/c1-11-6-5-9-20-17(12(2)21)16(19-18(11)20)14-10-13(22-3)7-8-15(14)23-4/h5-10,12,21H,1-4H3. The van der Waals surface area contributed by atoms with Gasteiger partial charge < -0.3 is 19.0 Å². The first-order valence-electron chi connectivity index (χ1n) is 7.44. The molecule has 5 nitrogen and oxygen atoms in total. The first-order valence-corrected chi connectivity index (χ1v) is 7.44. The monoisotopic (exact) mass is 312 g/mol. The van der Waals surface area contributed by atoms with Gasteiger partial charge >= 0.3 is 0 Å². The Balaban J connectivity index is 2.36. The van der Waals surface area contributed by atoms with E-state index in [1.807, 2.05) is 47.9 Å². The van der Waals surface area contributed by atoms with E-state index in [1.165, 1.54) is 0 Å². The Morgan fingerprint density at radius 2 is 1.96 bits per heavy atom. The average molecular weight is 312 g/mol. The average Bonchev–Trinajstić information content (AvgIpc) is 2.95. The van der Waals surface area contributed by atoms with Crippen LogP contribution in [0.1, 0.15) is 24.3 Å². The molecule has 1 atom stereocenters. The van der Waals surface area contributed by atoms with Gasteiger partial charge in [0.15, 0.2) is 0 Å². The van der Waals surface area contributed by atoms with Gasteiger partial charge in [0.2, 0.25) is 0 Å². The molecule has 0 amide bonds. The zero-order chi connectivity index (χ0) is 16.6. The van der Waals surface area contributed by atoms with Crippen LogP contribution >= 0.6 is 0 Å². The summed E-state index contributed by atoms with van der Waals surface area (Å²) in [5, 5.41) is 10.3. The molecule has 0 fully saturated rings. The van der Waals surface area contributed by atoms with Crippen LogP contribution in [0.25, 0.3) is 16.9 Å². The molecule has 0 aliphatic rings. The van der Waals surface area contributed by atoms with E-state index in [0.29, 0.717) is 17.2 Å². The normalized spacial score (nSPS) is 12.4. The highest BCUT2D eigenvalue weighted by Gasteiger charge is 2.21. The molecule has 2 aromatic heterocycles. The number of hydrogen-bond donors (Lipinski definition) is 1. The highest BCUT2D eigenvalue weighted by molar-refractivity contribution is 5.74. The minimum atomic E-state index is -0.669. The number of nitrogens with zero attached hydrogens (tertiary/aromatic N) is 2. The Hall–Kier alpha value is -2.53. The molecule has 0 bridgehead atoms. The Bertz CT molecular complexity index is 853. The Labute approximate surface area is 135 Å². The summed E-state index contributed by atoms with van der Waals surface area (Å²) in [6.07, 6.45) is 1.24. The third-order valence-corrected chi connectivity index (χ3v) is 3.94. The fraction of sp³-hybridized carbons (Fsp3) is 0.278. The molecule has 0 spiro atoms. The number of aromatic nitrogens is 2. The molecule has 1 aromatic carbocycles. The van der Waals surface area contributed by atoms with Crippen molar-refractivity contribution in [2.24, 2.45) is 0 Å². The largest absolute Gasteiger partial charge is 0.497 e. The van der Waals surface area contributed by atoms with E-state index in [4.69, 9.17) is 14.5 Å². The first kappa shape index (κ1) is 15.4. The number of imidazole rings is 1. The number of methoxy groups -OCH3 is 2. The van der Waals surface area contributed by atoms with Crippen molar-refractivity contribution in [1.29, 1.82) is 0 Å². The first-order chi connectivity index (χ1) is 11.1. The molecular formula is C18H20N2O3. The van der Waals surface area contributed by atoms with Crippen LogP contribution < -0.4 is 9.47 Å². The summed E-state index contributed by atoms with van der Waals surface area (Å²) in [6, 6.07) is 9.51. The van der Waals surface area contributed by atoms with Crippen molar-refractivity contribution in [2.45, 2.75) is 20.0 Å². The van der Waals surface area contributed by atoms with E-state index in [9.17, 15) is 5.11 Å². The zero-order valence-electron chi connectivity index (χ0n) is 13.7. The van der Waals surface area contributed by atoms with Crippen molar-refractivity contribution in [3.63, 3.8) is 0 Å². The summed E-state index contributed by atoms with van der Waals surface area (Å²) in [6.45, 7) is 3.74. The summed E-state index contributed by atoms with van der Waals surface area (Å²) in [4.78, 5) is 4.76. The molecule has 23 heavy (non-hydrogen) atoms. The number of fused-ring (bicyclic) bond motifs is 1. The second kappa shape index (κ2) is 5.93. The van der Waals surface area contributed by atoms with Crippen LogP contribution in [0.2, 0.25) is 0 Å². The van der Waals surface area contributed by atoms with Gasteiger partial charge in [0, 0.05) is 11.8 Å². The van der Waals surface area contributed by atoms with Crippen LogP contribution in [0.15, 0.2) is 36.5 Å². The van der Waals surface area contributed by atoms with Crippen LogP contribution in [0.5, 0.6) is 11.5 Å². The number of aliphatic hydroxyl groups excluding tert-OH is 1. The quantitative estimate of drug-likeness (QED) is 0.802. The molecule has 0 aliphatic heterocycles. The fourth-order valence-electron chi connectivity index (χ4n) is 2.82. The maximum absolute atomic E-state index is 10.3. The van der Waals surface area contributed by atoms with Gasteiger partial charge in [0.1, 0.15) is 17.1 Å². The molecule has 1 N–H and O–H groups in total. The van der Waals surface area contributed by atoms with E-state index in [0.717, 1.165) is 22.5 Å². The van der Waals surface area contributed by atoms with Crippen LogP contribution in [0.3, 0.4) is 0 Å². The third kappa shape index (κ3) is 2.53. The lowest BCUT2D eigenvalue weighted by Crippen LogP contribution is -2.00. The van der Waals surface area contributed by atoms with Crippen molar-refractivity contribution in [2.75, 3.05) is 14.2 Å². The van der Waals surface area contributed by atoms with Crippen LogP contribution in [0, 0.1) is 6.92 Å². The maximum atomic E-state index is 10.3. The number of aliphatic hydroxyl groups is 1. The van der Waals surface area contributed by atoms with Crippen LogP contribution in [-0.4, -0.2) is 28.7 Å². The number of ether oxygens (including phenoxy) is 2. The SMILES string of the molecule is COc1ccc(OC)c(-c2nc3c(C)cccn3c2C(C)O)c1. The second-order valence-corrected chi connectivity index (χ2v) is 5.47. The molecular weight excluding hydrogens is 292 g/mol. The van der Waals surface area contributed by atoms with Crippen LogP contribution in [0.4, 0.5) is 0 Å². The number of pyridine rings is 1. The van der Waals surface area contributed by atoms with Gasteiger partial charge in [0.25, 0.3) is 0 Å². The molecule has 5 heteroatoms. The van der Waals surface area contributed by atoms with E-state index >= 15 is 0 Å². The number of benzene rings is 1. The Morgan fingerprint density at radius 3 is 2.61 bits per heavy atom.